The predicted octanol–water partition coefficient (Wildman–Crippen LogP) is 1.85. The quantitative estimate of drug-likeness (QED) is 0.822. The fourth-order valence-electron chi connectivity index (χ4n) is 2.29. The third-order valence-electron chi connectivity index (χ3n) is 3.14. The number of nitrogens with one attached hydrogen (secondary N) is 1. The van der Waals surface area contributed by atoms with Crippen molar-refractivity contribution in [1.82, 2.24) is 19.7 Å². The van der Waals surface area contributed by atoms with Gasteiger partial charge in [0.25, 0.3) is 0 Å². The van der Waals surface area contributed by atoms with Crippen LogP contribution in [0.1, 0.15) is 24.5 Å². The molecule has 16 heavy (non-hydrogen) atoms. The van der Waals surface area contributed by atoms with E-state index in [2.05, 4.69) is 15.3 Å². The predicted molar refractivity (Wildman–Crippen MR) is 62.8 cm³/mol. The van der Waals surface area contributed by atoms with Crippen LogP contribution in [0.3, 0.4) is 0 Å². The van der Waals surface area contributed by atoms with Gasteiger partial charge in [0.05, 0.1) is 11.9 Å². The highest BCUT2D eigenvalue weighted by Crippen LogP contribution is 2.27. The molecule has 0 saturated carbocycles. The van der Waals surface area contributed by atoms with Gasteiger partial charge in [0.2, 0.25) is 0 Å². The molecule has 1 aliphatic heterocycles. The summed E-state index contributed by atoms with van der Waals surface area (Å²) in [6.45, 7) is 2.11. The maximum Gasteiger partial charge on any atom is 0.160 e. The van der Waals surface area contributed by atoms with Gasteiger partial charge in [0.1, 0.15) is 5.15 Å². The third kappa shape index (κ3) is 1.58. The minimum Gasteiger partial charge on any atom is -0.317 e. The number of imidazole rings is 1. The summed E-state index contributed by atoms with van der Waals surface area (Å²) in [5.74, 6) is 0.503. The van der Waals surface area contributed by atoms with Crippen molar-refractivity contribution in [1.29, 1.82) is 0 Å². The van der Waals surface area contributed by atoms with Crippen LogP contribution >= 0.6 is 11.6 Å². The Morgan fingerprint density at radius 1 is 1.31 bits per heavy atom. The monoisotopic (exact) mass is 236 g/mol. The normalized spacial score (nSPS) is 18.1. The summed E-state index contributed by atoms with van der Waals surface area (Å²) in [6.07, 6.45) is 7.59. The summed E-state index contributed by atoms with van der Waals surface area (Å²) in [4.78, 5) is 8.82. The largest absolute Gasteiger partial charge is 0.317 e. The molecule has 1 N–H and O–H groups in total. The van der Waals surface area contributed by atoms with Crippen molar-refractivity contribution in [2.24, 2.45) is 0 Å². The fourth-order valence-corrected chi connectivity index (χ4v) is 2.48. The SMILES string of the molecule is Clc1cnc2c(C3CCNCC3)nccn12. The van der Waals surface area contributed by atoms with Gasteiger partial charge in [-0.2, -0.15) is 0 Å². The van der Waals surface area contributed by atoms with Crippen LogP contribution in [-0.4, -0.2) is 27.5 Å². The first-order valence-electron chi connectivity index (χ1n) is 5.54. The molecule has 3 heterocycles. The number of rotatable bonds is 1. The minimum atomic E-state index is 0.503. The lowest BCUT2D eigenvalue weighted by Gasteiger charge is -2.22. The van der Waals surface area contributed by atoms with Crippen molar-refractivity contribution in [3.8, 4) is 0 Å². The number of hydrogen-bond donors (Lipinski definition) is 1. The van der Waals surface area contributed by atoms with E-state index in [0.717, 1.165) is 37.3 Å². The number of nitrogens with zero attached hydrogens (tertiary/aromatic N) is 3. The molecule has 4 nitrogen and oxygen atoms in total. The van der Waals surface area contributed by atoms with Crippen LogP contribution in [0.25, 0.3) is 5.65 Å². The number of fused-ring (bicyclic) bond motifs is 1. The Morgan fingerprint density at radius 3 is 2.94 bits per heavy atom. The number of hydrogen-bond acceptors (Lipinski definition) is 3. The topological polar surface area (TPSA) is 42.2 Å². The zero-order valence-electron chi connectivity index (χ0n) is 8.86. The zero-order valence-corrected chi connectivity index (χ0v) is 9.61. The number of aromatic nitrogens is 3. The molecule has 1 saturated heterocycles. The van der Waals surface area contributed by atoms with E-state index in [1.54, 1.807) is 12.4 Å². The Labute approximate surface area is 98.7 Å². The molecule has 5 heteroatoms. The van der Waals surface area contributed by atoms with Crippen LogP contribution in [0.4, 0.5) is 0 Å². The van der Waals surface area contributed by atoms with Crippen molar-refractivity contribution in [3.63, 3.8) is 0 Å². The lowest BCUT2D eigenvalue weighted by atomic mass is 9.94. The summed E-state index contributed by atoms with van der Waals surface area (Å²) in [5, 5.41) is 4.00. The molecule has 0 atom stereocenters. The van der Waals surface area contributed by atoms with E-state index in [1.165, 1.54) is 0 Å². The van der Waals surface area contributed by atoms with Crippen LogP contribution in [-0.2, 0) is 0 Å². The lowest BCUT2D eigenvalue weighted by molar-refractivity contribution is 0.454. The molecule has 0 aliphatic carbocycles. The summed E-state index contributed by atoms with van der Waals surface area (Å²) in [6, 6.07) is 0. The van der Waals surface area contributed by atoms with E-state index in [1.807, 2.05) is 10.6 Å². The van der Waals surface area contributed by atoms with Crippen LogP contribution in [0.5, 0.6) is 0 Å². The molecule has 1 fully saturated rings. The molecule has 2 aromatic heterocycles. The van der Waals surface area contributed by atoms with Gasteiger partial charge >= 0.3 is 0 Å². The maximum atomic E-state index is 6.04. The lowest BCUT2D eigenvalue weighted by Crippen LogP contribution is -2.27. The molecular formula is C11H13ClN4. The molecule has 0 bridgehead atoms. The molecule has 2 aromatic rings. The highest BCUT2D eigenvalue weighted by atomic mass is 35.5. The smallest absolute Gasteiger partial charge is 0.160 e. The first kappa shape index (κ1) is 10.1. The van der Waals surface area contributed by atoms with Crippen LogP contribution in [0, 0.1) is 0 Å². The van der Waals surface area contributed by atoms with Crippen molar-refractivity contribution >= 4 is 17.2 Å². The Hall–Kier alpha value is -1.13. The molecule has 0 unspecified atom stereocenters. The Bertz CT molecular complexity index is 502. The highest BCUT2D eigenvalue weighted by Gasteiger charge is 2.20. The summed E-state index contributed by atoms with van der Waals surface area (Å²) < 4.78 is 1.89. The second kappa shape index (κ2) is 4.03. The van der Waals surface area contributed by atoms with Gasteiger partial charge in [-0.15, -0.1) is 0 Å². The molecule has 0 spiro atoms. The standard InChI is InChI=1S/C11H13ClN4/c12-9-7-15-11-10(14-5-6-16(9)11)8-1-3-13-4-2-8/h5-8,13H,1-4H2. The van der Waals surface area contributed by atoms with Crippen LogP contribution in [0.15, 0.2) is 18.6 Å². The third-order valence-corrected chi connectivity index (χ3v) is 3.42. The molecule has 1 aliphatic rings. The molecule has 0 radical (unpaired) electrons. The van der Waals surface area contributed by atoms with E-state index >= 15 is 0 Å². The first-order valence-corrected chi connectivity index (χ1v) is 5.92. The van der Waals surface area contributed by atoms with Gasteiger partial charge in [0, 0.05) is 18.3 Å². The molecule has 0 aromatic carbocycles. The van der Waals surface area contributed by atoms with Crippen molar-refractivity contribution in [2.75, 3.05) is 13.1 Å². The molecule has 0 amide bonds. The number of halogens is 1. The van der Waals surface area contributed by atoms with E-state index in [9.17, 15) is 0 Å². The first-order chi connectivity index (χ1) is 7.86. The van der Waals surface area contributed by atoms with Gasteiger partial charge in [-0.05, 0) is 25.9 Å². The van der Waals surface area contributed by atoms with Gasteiger partial charge in [-0.25, -0.2) is 4.98 Å². The van der Waals surface area contributed by atoms with Crippen LogP contribution in [0.2, 0.25) is 5.15 Å². The zero-order chi connectivity index (χ0) is 11.0. The fraction of sp³-hybridized carbons (Fsp3) is 0.455. The van der Waals surface area contributed by atoms with Gasteiger partial charge < -0.3 is 5.32 Å². The Kier molecular flexibility index (Phi) is 2.53. The van der Waals surface area contributed by atoms with Gasteiger partial charge in [-0.1, -0.05) is 11.6 Å². The van der Waals surface area contributed by atoms with E-state index in [-0.39, 0.29) is 0 Å². The van der Waals surface area contributed by atoms with Gasteiger partial charge in [0.15, 0.2) is 5.65 Å². The van der Waals surface area contributed by atoms with E-state index < -0.39 is 0 Å². The van der Waals surface area contributed by atoms with Crippen molar-refractivity contribution < 1.29 is 0 Å². The van der Waals surface area contributed by atoms with E-state index in [0.29, 0.717) is 11.1 Å². The highest BCUT2D eigenvalue weighted by molar-refractivity contribution is 6.29. The number of piperidine rings is 1. The van der Waals surface area contributed by atoms with Crippen molar-refractivity contribution in [3.05, 3.63) is 29.4 Å². The second-order valence-electron chi connectivity index (χ2n) is 4.11. The maximum absolute atomic E-state index is 6.04. The minimum absolute atomic E-state index is 0.503. The average molecular weight is 237 g/mol. The van der Waals surface area contributed by atoms with Crippen LogP contribution < -0.4 is 5.32 Å². The molecular weight excluding hydrogens is 224 g/mol. The summed E-state index contributed by atoms with van der Waals surface area (Å²) in [7, 11) is 0. The molecule has 84 valence electrons. The second-order valence-corrected chi connectivity index (χ2v) is 4.50. The Balaban J connectivity index is 2.08. The Morgan fingerprint density at radius 2 is 2.12 bits per heavy atom. The average Bonchev–Trinajstić information content (AvgIpc) is 2.73. The van der Waals surface area contributed by atoms with Crippen molar-refractivity contribution in [2.45, 2.75) is 18.8 Å². The molecule has 3 rings (SSSR count). The van der Waals surface area contributed by atoms with Gasteiger partial charge in [-0.3, -0.25) is 9.38 Å². The summed E-state index contributed by atoms with van der Waals surface area (Å²) >= 11 is 6.04. The van der Waals surface area contributed by atoms with E-state index in [4.69, 9.17) is 11.6 Å². The summed E-state index contributed by atoms with van der Waals surface area (Å²) in [5.41, 5.74) is 1.98.